The van der Waals surface area contributed by atoms with E-state index in [0.717, 1.165) is 18.4 Å². The van der Waals surface area contributed by atoms with Gasteiger partial charge in [-0.3, -0.25) is 0 Å². The van der Waals surface area contributed by atoms with Crippen molar-refractivity contribution in [1.29, 1.82) is 0 Å². The number of benzene rings is 1. The molecular formula is C12H14O. The van der Waals surface area contributed by atoms with Crippen LogP contribution in [0.25, 0.3) is 0 Å². The highest BCUT2D eigenvalue weighted by atomic mass is 16.3. The van der Waals surface area contributed by atoms with Crippen molar-refractivity contribution in [2.45, 2.75) is 25.9 Å². The van der Waals surface area contributed by atoms with E-state index < -0.39 is 0 Å². The summed E-state index contributed by atoms with van der Waals surface area (Å²) in [4.78, 5) is 0. The zero-order chi connectivity index (χ0) is 9.68. The van der Waals surface area contributed by atoms with Crippen LogP contribution < -0.4 is 0 Å². The predicted molar refractivity (Wildman–Crippen MR) is 54.4 cm³/mol. The number of aryl methyl sites for hydroxylation is 1. The molecule has 0 saturated carbocycles. The molecule has 1 aromatic rings. The molecule has 0 radical (unpaired) electrons. The Morgan fingerprint density at radius 3 is 2.92 bits per heavy atom. The van der Waals surface area contributed by atoms with Gasteiger partial charge >= 0.3 is 0 Å². The minimum atomic E-state index is -0.241. The monoisotopic (exact) mass is 174 g/mol. The lowest BCUT2D eigenvalue weighted by molar-refractivity contribution is 0.185. The summed E-state index contributed by atoms with van der Waals surface area (Å²) < 4.78 is 0. The first kappa shape index (κ1) is 9.83. The zero-order valence-electron chi connectivity index (χ0n) is 7.83. The Balaban J connectivity index is 2.63. The van der Waals surface area contributed by atoms with E-state index in [9.17, 15) is 0 Å². The van der Waals surface area contributed by atoms with Crippen LogP contribution in [0.4, 0.5) is 0 Å². The Kier molecular flexibility index (Phi) is 3.54. The number of terminal acetylenes is 1. The van der Waals surface area contributed by atoms with Gasteiger partial charge in [0.1, 0.15) is 0 Å². The summed E-state index contributed by atoms with van der Waals surface area (Å²) in [5, 5.41) is 9.10. The van der Waals surface area contributed by atoms with Crippen molar-refractivity contribution >= 4 is 0 Å². The first-order valence-corrected chi connectivity index (χ1v) is 4.46. The molecule has 0 aliphatic carbocycles. The molecule has 0 amide bonds. The number of aliphatic hydroxyl groups is 1. The minimum Gasteiger partial charge on any atom is -0.393 e. The SMILES string of the molecule is C#Cc1cccc(CCC(C)O)c1. The molecule has 0 aliphatic rings. The highest BCUT2D eigenvalue weighted by molar-refractivity contribution is 5.35. The third-order valence-corrected chi connectivity index (χ3v) is 1.94. The smallest absolute Gasteiger partial charge is 0.0515 e. The summed E-state index contributed by atoms with van der Waals surface area (Å²) in [5.74, 6) is 2.59. The fraction of sp³-hybridized carbons (Fsp3) is 0.333. The highest BCUT2D eigenvalue weighted by Gasteiger charge is 1.98. The average molecular weight is 174 g/mol. The molecule has 1 nitrogen and oxygen atoms in total. The lowest BCUT2D eigenvalue weighted by Gasteiger charge is -2.04. The van der Waals surface area contributed by atoms with Crippen molar-refractivity contribution in [2.75, 3.05) is 0 Å². The minimum absolute atomic E-state index is 0.241. The van der Waals surface area contributed by atoms with Crippen molar-refractivity contribution in [1.82, 2.24) is 0 Å². The maximum Gasteiger partial charge on any atom is 0.0515 e. The molecule has 1 rings (SSSR count). The van der Waals surface area contributed by atoms with E-state index in [1.54, 1.807) is 6.92 Å². The first-order chi connectivity index (χ1) is 6.22. The molecular weight excluding hydrogens is 160 g/mol. The second kappa shape index (κ2) is 4.69. The van der Waals surface area contributed by atoms with Gasteiger partial charge < -0.3 is 5.11 Å². The molecule has 0 bridgehead atoms. The molecule has 1 heteroatoms. The molecule has 13 heavy (non-hydrogen) atoms. The lowest BCUT2D eigenvalue weighted by Crippen LogP contribution is -2.01. The number of hydrogen-bond donors (Lipinski definition) is 1. The van der Waals surface area contributed by atoms with E-state index in [1.165, 1.54) is 5.56 Å². The molecule has 0 saturated heterocycles. The van der Waals surface area contributed by atoms with Gasteiger partial charge in [0.05, 0.1) is 6.10 Å². The van der Waals surface area contributed by atoms with Gasteiger partial charge in [0.15, 0.2) is 0 Å². The molecule has 0 heterocycles. The zero-order valence-corrected chi connectivity index (χ0v) is 7.83. The Labute approximate surface area is 79.4 Å². The molecule has 0 spiro atoms. The van der Waals surface area contributed by atoms with E-state index in [-0.39, 0.29) is 6.10 Å². The van der Waals surface area contributed by atoms with Gasteiger partial charge in [0, 0.05) is 5.56 Å². The molecule has 1 unspecified atom stereocenters. The van der Waals surface area contributed by atoms with E-state index in [1.807, 2.05) is 24.3 Å². The third kappa shape index (κ3) is 3.31. The Hall–Kier alpha value is -1.26. The van der Waals surface area contributed by atoms with E-state index in [0.29, 0.717) is 0 Å². The quantitative estimate of drug-likeness (QED) is 0.695. The van der Waals surface area contributed by atoms with Crippen molar-refractivity contribution in [3.05, 3.63) is 35.4 Å². The van der Waals surface area contributed by atoms with E-state index >= 15 is 0 Å². The maximum atomic E-state index is 9.10. The van der Waals surface area contributed by atoms with Crippen LogP contribution in [-0.4, -0.2) is 11.2 Å². The van der Waals surface area contributed by atoms with E-state index in [2.05, 4.69) is 5.92 Å². The third-order valence-electron chi connectivity index (χ3n) is 1.94. The Morgan fingerprint density at radius 1 is 1.54 bits per heavy atom. The van der Waals surface area contributed by atoms with Crippen molar-refractivity contribution in [3.8, 4) is 12.3 Å². The number of hydrogen-bond acceptors (Lipinski definition) is 1. The topological polar surface area (TPSA) is 20.2 Å². The molecule has 68 valence electrons. The number of rotatable bonds is 3. The molecule has 1 N–H and O–H groups in total. The van der Waals surface area contributed by atoms with Gasteiger partial charge in [-0.25, -0.2) is 0 Å². The summed E-state index contributed by atoms with van der Waals surface area (Å²) in [5.41, 5.74) is 2.10. The van der Waals surface area contributed by atoms with Crippen molar-refractivity contribution in [3.63, 3.8) is 0 Å². The first-order valence-electron chi connectivity index (χ1n) is 4.46. The lowest BCUT2D eigenvalue weighted by atomic mass is 10.1. The second-order valence-electron chi connectivity index (χ2n) is 3.23. The van der Waals surface area contributed by atoms with E-state index in [4.69, 9.17) is 11.5 Å². The van der Waals surface area contributed by atoms with Crippen LogP contribution in [0.1, 0.15) is 24.5 Å². The number of aliphatic hydroxyl groups excluding tert-OH is 1. The largest absolute Gasteiger partial charge is 0.393 e. The van der Waals surface area contributed by atoms with Gasteiger partial charge in [-0.2, -0.15) is 0 Å². The summed E-state index contributed by atoms with van der Waals surface area (Å²) in [6, 6.07) is 7.88. The fourth-order valence-electron chi connectivity index (χ4n) is 1.19. The van der Waals surface area contributed by atoms with Crippen molar-refractivity contribution in [2.24, 2.45) is 0 Å². The van der Waals surface area contributed by atoms with Crippen LogP contribution in [0.2, 0.25) is 0 Å². The van der Waals surface area contributed by atoms with Gasteiger partial charge in [-0.1, -0.05) is 18.1 Å². The molecule has 0 fully saturated rings. The predicted octanol–water partition coefficient (Wildman–Crippen LogP) is 1.98. The summed E-state index contributed by atoms with van der Waals surface area (Å²) in [6.07, 6.45) is 6.70. The standard InChI is InChI=1S/C12H14O/c1-3-11-5-4-6-12(9-11)8-7-10(2)13/h1,4-6,9-10,13H,7-8H2,2H3. The Morgan fingerprint density at radius 2 is 2.31 bits per heavy atom. The molecule has 0 aliphatic heterocycles. The Bertz CT molecular complexity index is 307. The summed E-state index contributed by atoms with van der Waals surface area (Å²) in [6.45, 7) is 1.80. The normalized spacial score (nSPS) is 12.1. The van der Waals surface area contributed by atoms with Gasteiger partial charge in [0.25, 0.3) is 0 Å². The molecule has 1 aromatic carbocycles. The fourth-order valence-corrected chi connectivity index (χ4v) is 1.19. The van der Waals surface area contributed by atoms with Crippen LogP contribution in [0.3, 0.4) is 0 Å². The molecule has 1 atom stereocenters. The van der Waals surface area contributed by atoms with Crippen LogP contribution in [0, 0.1) is 12.3 Å². The van der Waals surface area contributed by atoms with Crippen LogP contribution in [0.5, 0.6) is 0 Å². The average Bonchev–Trinajstić information content (AvgIpc) is 2.15. The highest BCUT2D eigenvalue weighted by Crippen LogP contribution is 2.07. The summed E-state index contributed by atoms with van der Waals surface area (Å²) >= 11 is 0. The van der Waals surface area contributed by atoms with Crippen LogP contribution >= 0.6 is 0 Å². The molecule has 0 aromatic heterocycles. The van der Waals surface area contributed by atoms with Gasteiger partial charge in [0.2, 0.25) is 0 Å². The second-order valence-corrected chi connectivity index (χ2v) is 3.23. The van der Waals surface area contributed by atoms with Crippen LogP contribution in [-0.2, 0) is 6.42 Å². The van der Waals surface area contributed by atoms with Crippen molar-refractivity contribution < 1.29 is 5.11 Å². The van der Waals surface area contributed by atoms with Gasteiger partial charge in [-0.05, 0) is 37.5 Å². The summed E-state index contributed by atoms with van der Waals surface area (Å²) in [7, 11) is 0. The van der Waals surface area contributed by atoms with Gasteiger partial charge in [-0.15, -0.1) is 6.42 Å². The van der Waals surface area contributed by atoms with Crippen LogP contribution in [0.15, 0.2) is 24.3 Å². The maximum absolute atomic E-state index is 9.10.